The van der Waals surface area contributed by atoms with E-state index in [2.05, 4.69) is 49.4 Å². The summed E-state index contributed by atoms with van der Waals surface area (Å²) in [7, 11) is 1.47. The highest BCUT2D eigenvalue weighted by molar-refractivity contribution is 5.94. The molecule has 0 aliphatic heterocycles. The van der Waals surface area contributed by atoms with Gasteiger partial charge in [0.1, 0.15) is 0 Å². The van der Waals surface area contributed by atoms with Gasteiger partial charge in [-0.05, 0) is 48.2 Å². The molecule has 3 rings (SSSR count). The van der Waals surface area contributed by atoms with E-state index in [-0.39, 0.29) is 5.97 Å². The molecule has 0 bridgehead atoms. The van der Waals surface area contributed by atoms with Crippen molar-refractivity contribution in [2.45, 2.75) is 26.2 Å². The fourth-order valence-electron chi connectivity index (χ4n) is 3.74. The maximum Gasteiger partial charge on any atom is 0.337 e. The van der Waals surface area contributed by atoms with Gasteiger partial charge in [-0.1, -0.05) is 49.4 Å². The normalized spacial score (nSPS) is 27.6. The first-order chi connectivity index (χ1) is 10.2. The summed E-state index contributed by atoms with van der Waals surface area (Å²) >= 11 is 0. The van der Waals surface area contributed by atoms with Gasteiger partial charge in [-0.2, -0.15) is 0 Å². The molecule has 0 aromatic heterocycles. The Hall–Kier alpha value is -1.83. The molecule has 0 fully saturated rings. The molecule has 2 nitrogen and oxygen atoms in total. The zero-order valence-electron chi connectivity index (χ0n) is 12.7. The zero-order chi connectivity index (χ0) is 14.8. The Kier molecular flexibility index (Phi) is 3.96. The van der Waals surface area contributed by atoms with Gasteiger partial charge >= 0.3 is 5.97 Å². The fraction of sp³-hybridized carbons (Fsp3) is 0.421. The van der Waals surface area contributed by atoms with Crippen LogP contribution < -0.4 is 0 Å². The Bertz CT molecular complexity index is 583. The second kappa shape index (κ2) is 5.88. The molecule has 0 saturated heterocycles. The fourth-order valence-corrected chi connectivity index (χ4v) is 3.74. The van der Waals surface area contributed by atoms with Crippen molar-refractivity contribution in [3.8, 4) is 0 Å². The molecule has 1 aromatic rings. The summed E-state index contributed by atoms with van der Waals surface area (Å²) in [4.78, 5) is 12.0. The van der Waals surface area contributed by atoms with Crippen LogP contribution in [0.3, 0.4) is 0 Å². The Labute approximate surface area is 126 Å². The van der Waals surface area contributed by atoms with E-state index in [0.29, 0.717) is 17.8 Å². The molecule has 1 aromatic carbocycles. The third kappa shape index (κ3) is 2.94. The number of esters is 1. The van der Waals surface area contributed by atoms with E-state index in [9.17, 15) is 4.79 Å². The van der Waals surface area contributed by atoms with E-state index >= 15 is 0 Å². The Morgan fingerprint density at radius 2 is 1.95 bits per heavy atom. The lowest BCUT2D eigenvalue weighted by Crippen LogP contribution is -2.19. The van der Waals surface area contributed by atoms with E-state index in [1.54, 1.807) is 0 Å². The maximum absolute atomic E-state index is 12.0. The van der Waals surface area contributed by atoms with Crippen LogP contribution >= 0.6 is 0 Å². The quantitative estimate of drug-likeness (QED) is 0.785. The van der Waals surface area contributed by atoms with E-state index in [4.69, 9.17) is 4.74 Å². The van der Waals surface area contributed by atoms with Crippen molar-refractivity contribution >= 4 is 5.97 Å². The van der Waals surface area contributed by atoms with Crippen molar-refractivity contribution in [2.75, 3.05) is 7.11 Å². The standard InChI is InChI=1S/C19H22O2/c1-13-8-16-11-15(10-14-6-4-3-5-7-14)12-17(16)18(9-13)19(20)21-2/h3-7,9,12-13,15-16H,8,10-11H2,1-2H3. The highest BCUT2D eigenvalue weighted by Crippen LogP contribution is 2.43. The molecule has 0 radical (unpaired) electrons. The molecule has 2 aliphatic carbocycles. The Morgan fingerprint density at radius 1 is 1.19 bits per heavy atom. The molecular weight excluding hydrogens is 260 g/mol. The molecule has 2 aliphatic rings. The van der Waals surface area contributed by atoms with Crippen LogP contribution in [0, 0.1) is 17.8 Å². The second-order valence-electron chi connectivity index (χ2n) is 6.29. The molecule has 0 heterocycles. The lowest BCUT2D eigenvalue weighted by Gasteiger charge is -2.25. The number of carbonyl (C=O) groups excluding carboxylic acids is 1. The third-order valence-corrected chi connectivity index (χ3v) is 4.61. The first-order valence-corrected chi connectivity index (χ1v) is 7.73. The molecule has 2 heteroatoms. The molecule has 3 atom stereocenters. The monoisotopic (exact) mass is 282 g/mol. The summed E-state index contributed by atoms with van der Waals surface area (Å²) in [5, 5.41) is 0. The van der Waals surface area contributed by atoms with Gasteiger partial charge in [-0.3, -0.25) is 0 Å². The van der Waals surface area contributed by atoms with Crippen molar-refractivity contribution in [1.82, 2.24) is 0 Å². The van der Waals surface area contributed by atoms with Gasteiger partial charge in [0, 0.05) is 0 Å². The highest BCUT2D eigenvalue weighted by atomic mass is 16.5. The molecular formula is C19H22O2. The summed E-state index contributed by atoms with van der Waals surface area (Å²) in [5.74, 6) is 1.33. The van der Waals surface area contributed by atoms with Crippen LogP contribution in [0.15, 0.2) is 53.6 Å². The van der Waals surface area contributed by atoms with Crippen molar-refractivity contribution in [3.05, 3.63) is 59.2 Å². The van der Waals surface area contributed by atoms with Crippen molar-refractivity contribution in [3.63, 3.8) is 0 Å². The number of allylic oxidation sites excluding steroid dienone is 2. The van der Waals surface area contributed by atoms with Crippen molar-refractivity contribution in [1.29, 1.82) is 0 Å². The largest absolute Gasteiger partial charge is 0.465 e. The van der Waals surface area contributed by atoms with Crippen LogP contribution in [-0.2, 0) is 16.0 Å². The third-order valence-electron chi connectivity index (χ3n) is 4.61. The zero-order valence-corrected chi connectivity index (χ0v) is 12.7. The molecule has 0 N–H and O–H groups in total. The Balaban J connectivity index is 1.80. The van der Waals surface area contributed by atoms with Gasteiger partial charge in [-0.15, -0.1) is 0 Å². The predicted molar refractivity (Wildman–Crippen MR) is 83.7 cm³/mol. The molecule has 3 unspecified atom stereocenters. The van der Waals surface area contributed by atoms with Gasteiger partial charge in [0.25, 0.3) is 0 Å². The predicted octanol–water partition coefficient (Wildman–Crippen LogP) is 3.93. The van der Waals surface area contributed by atoms with Gasteiger partial charge in [-0.25, -0.2) is 4.79 Å². The minimum Gasteiger partial charge on any atom is -0.465 e. The summed E-state index contributed by atoms with van der Waals surface area (Å²) in [6.45, 7) is 2.18. The Morgan fingerprint density at radius 3 is 2.67 bits per heavy atom. The summed E-state index contributed by atoms with van der Waals surface area (Å²) < 4.78 is 4.95. The van der Waals surface area contributed by atoms with E-state index in [0.717, 1.165) is 24.8 Å². The lowest BCUT2D eigenvalue weighted by molar-refractivity contribution is -0.136. The summed E-state index contributed by atoms with van der Waals surface area (Å²) in [5.41, 5.74) is 3.40. The first kappa shape index (κ1) is 14.1. The van der Waals surface area contributed by atoms with Crippen LogP contribution in [0.5, 0.6) is 0 Å². The van der Waals surface area contributed by atoms with Gasteiger partial charge < -0.3 is 4.74 Å². The molecule has 0 saturated carbocycles. The number of fused-ring (bicyclic) bond motifs is 1. The van der Waals surface area contributed by atoms with Crippen molar-refractivity contribution in [2.24, 2.45) is 17.8 Å². The number of hydrogen-bond donors (Lipinski definition) is 0. The van der Waals surface area contributed by atoms with E-state index in [1.165, 1.54) is 18.2 Å². The topological polar surface area (TPSA) is 26.3 Å². The second-order valence-corrected chi connectivity index (χ2v) is 6.29. The van der Waals surface area contributed by atoms with Crippen LogP contribution in [0.4, 0.5) is 0 Å². The maximum atomic E-state index is 12.0. The number of carbonyl (C=O) groups is 1. The number of benzene rings is 1. The summed E-state index contributed by atoms with van der Waals surface area (Å²) in [6, 6.07) is 10.6. The highest BCUT2D eigenvalue weighted by Gasteiger charge is 2.35. The van der Waals surface area contributed by atoms with E-state index in [1.807, 2.05) is 0 Å². The van der Waals surface area contributed by atoms with Crippen LogP contribution in [0.1, 0.15) is 25.3 Å². The first-order valence-electron chi connectivity index (χ1n) is 7.73. The SMILES string of the molecule is COC(=O)C1=CC(C)CC2CC(Cc3ccccc3)C=C12. The van der Waals surface area contributed by atoms with Crippen LogP contribution in [0.25, 0.3) is 0 Å². The smallest absolute Gasteiger partial charge is 0.337 e. The molecule has 110 valence electrons. The van der Waals surface area contributed by atoms with Gasteiger partial charge in [0.2, 0.25) is 0 Å². The number of ether oxygens (including phenoxy) is 1. The number of hydrogen-bond acceptors (Lipinski definition) is 2. The molecule has 0 amide bonds. The summed E-state index contributed by atoms with van der Waals surface area (Å²) in [6.07, 6.45) is 7.76. The van der Waals surface area contributed by atoms with Crippen LogP contribution in [0.2, 0.25) is 0 Å². The van der Waals surface area contributed by atoms with Crippen LogP contribution in [-0.4, -0.2) is 13.1 Å². The van der Waals surface area contributed by atoms with Gasteiger partial charge in [0.05, 0.1) is 12.7 Å². The van der Waals surface area contributed by atoms with Crippen molar-refractivity contribution < 1.29 is 9.53 Å². The molecule has 0 spiro atoms. The van der Waals surface area contributed by atoms with E-state index < -0.39 is 0 Å². The van der Waals surface area contributed by atoms with Gasteiger partial charge in [0.15, 0.2) is 0 Å². The lowest BCUT2D eigenvalue weighted by atomic mass is 9.80. The minimum atomic E-state index is -0.182. The average Bonchev–Trinajstić information content (AvgIpc) is 2.88. The molecule has 21 heavy (non-hydrogen) atoms. The number of methoxy groups -OCH3 is 1. The minimum absolute atomic E-state index is 0.182. The number of rotatable bonds is 3. The average molecular weight is 282 g/mol.